The smallest absolute Gasteiger partial charge is 0.267 e. The van der Waals surface area contributed by atoms with Crippen molar-refractivity contribution in [2.24, 2.45) is 5.73 Å². The standard InChI is InChI=1S/C20H22ClN3O3/c1-20(2,3)16-13(8-9-23-17(16)18(22)26)24-19(27)11-5-4-10-12(21)6-7-14(25)15(10)11/h6-9,11,25H,4-5H2,1-3H3,(H2,22,26)(H,23,24,27)/t11-/m0/s1. The van der Waals surface area contributed by atoms with Crippen LogP contribution in [0.4, 0.5) is 5.69 Å². The minimum Gasteiger partial charge on any atom is -0.508 e. The molecule has 4 N–H and O–H groups in total. The third-order valence-corrected chi connectivity index (χ3v) is 5.17. The normalized spacial score (nSPS) is 16.1. The second-order valence-corrected chi connectivity index (χ2v) is 8.14. The summed E-state index contributed by atoms with van der Waals surface area (Å²) in [6.45, 7) is 5.76. The molecule has 0 saturated heterocycles. The van der Waals surface area contributed by atoms with Crippen molar-refractivity contribution in [2.45, 2.75) is 44.9 Å². The van der Waals surface area contributed by atoms with E-state index in [2.05, 4.69) is 10.3 Å². The molecule has 0 spiro atoms. The van der Waals surface area contributed by atoms with Crippen LogP contribution in [0.15, 0.2) is 24.4 Å². The number of fused-ring (bicyclic) bond motifs is 1. The number of rotatable bonds is 3. The fourth-order valence-electron chi connectivity index (χ4n) is 3.70. The van der Waals surface area contributed by atoms with Crippen LogP contribution in [0.5, 0.6) is 5.75 Å². The molecule has 1 aromatic heterocycles. The maximum Gasteiger partial charge on any atom is 0.267 e. The van der Waals surface area contributed by atoms with Crippen LogP contribution in [-0.2, 0) is 16.6 Å². The van der Waals surface area contributed by atoms with E-state index in [-0.39, 0.29) is 17.4 Å². The lowest BCUT2D eigenvalue weighted by Crippen LogP contribution is -2.27. The SMILES string of the molecule is CC(C)(C)c1c(NC(=O)[C@H]2CCc3c(Cl)ccc(O)c32)ccnc1C(N)=O. The minimum absolute atomic E-state index is 0.0654. The number of nitrogens with two attached hydrogens (primary N) is 1. The molecule has 2 aromatic rings. The first-order valence-electron chi connectivity index (χ1n) is 8.71. The van der Waals surface area contributed by atoms with E-state index in [9.17, 15) is 14.7 Å². The van der Waals surface area contributed by atoms with Gasteiger partial charge in [0.15, 0.2) is 0 Å². The third kappa shape index (κ3) is 3.49. The van der Waals surface area contributed by atoms with Gasteiger partial charge >= 0.3 is 0 Å². The minimum atomic E-state index is -0.647. The van der Waals surface area contributed by atoms with Gasteiger partial charge in [-0.15, -0.1) is 0 Å². The van der Waals surface area contributed by atoms with Crippen LogP contribution in [0.25, 0.3) is 0 Å². The zero-order valence-corrected chi connectivity index (χ0v) is 16.2. The average molecular weight is 388 g/mol. The van der Waals surface area contributed by atoms with Crippen LogP contribution in [-0.4, -0.2) is 21.9 Å². The molecule has 1 atom stereocenters. The first-order chi connectivity index (χ1) is 12.6. The Labute approximate surface area is 162 Å². The number of nitrogens with zero attached hydrogens (tertiary/aromatic N) is 1. The Balaban J connectivity index is 1.99. The van der Waals surface area contributed by atoms with Crippen LogP contribution in [0.1, 0.15) is 60.3 Å². The number of pyridine rings is 1. The van der Waals surface area contributed by atoms with Gasteiger partial charge in [-0.1, -0.05) is 32.4 Å². The Hall–Kier alpha value is -2.60. The Morgan fingerprint density at radius 3 is 2.63 bits per heavy atom. The van der Waals surface area contributed by atoms with E-state index in [1.165, 1.54) is 12.3 Å². The molecular formula is C20H22ClN3O3. The Kier molecular flexibility index (Phi) is 4.86. The number of carbonyl (C=O) groups excluding carboxylic acids is 2. The molecule has 6 nitrogen and oxygen atoms in total. The highest BCUT2D eigenvalue weighted by molar-refractivity contribution is 6.31. The van der Waals surface area contributed by atoms with Crippen molar-refractivity contribution in [2.75, 3.05) is 5.32 Å². The number of aromatic hydroxyl groups is 1. The largest absolute Gasteiger partial charge is 0.508 e. The fourth-order valence-corrected chi connectivity index (χ4v) is 3.95. The van der Waals surface area contributed by atoms with E-state index < -0.39 is 17.2 Å². The lowest BCUT2D eigenvalue weighted by Gasteiger charge is -2.25. The number of amides is 2. The molecule has 0 bridgehead atoms. The van der Waals surface area contributed by atoms with Gasteiger partial charge in [0.1, 0.15) is 11.4 Å². The highest BCUT2D eigenvalue weighted by Gasteiger charge is 2.34. The molecule has 0 unspecified atom stereocenters. The number of phenols is 1. The van der Waals surface area contributed by atoms with Crippen molar-refractivity contribution >= 4 is 29.1 Å². The average Bonchev–Trinajstić information content (AvgIpc) is 3.03. The second-order valence-electron chi connectivity index (χ2n) is 7.74. The number of anilines is 1. The maximum absolute atomic E-state index is 13.0. The van der Waals surface area contributed by atoms with Crippen LogP contribution in [0, 0.1) is 0 Å². The number of nitrogens with one attached hydrogen (secondary N) is 1. The molecule has 27 heavy (non-hydrogen) atoms. The first kappa shape index (κ1) is 19.2. The van der Waals surface area contributed by atoms with Gasteiger partial charge in [-0.2, -0.15) is 0 Å². The molecule has 0 fully saturated rings. The van der Waals surface area contributed by atoms with Crippen molar-refractivity contribution in [3.05, 3.63) is 51.8 Å². The number of phenolic OH excluding ortho intramolecular Hbond substituents is 1. The highest BCUT2D eigenvalue weighted by Crippen LogP contribution is 2.43. The van der Waals surface area contributed by atoms with Crippen LogP contribution in [0.3, 0.4) is 0 Å². The first-order valence-corrected chi connectivity index (χ1v) is 9.09. The lowest BCUT2D eigenvalue weighted by atomic mass is 9.84. The number of hydrogen-bond donors (Lipinski definition) is 3. The summed E-state index contributed by atoms with van der Waals surface area (Å²) in [6, 6.07) is 4.79. The zero-order chi connectivity index (χ0) is 19.9. The molecule has 1 aromatic carbocycles. The quantitative estimate of drug-likeness (QED) is 0.749. The number of benzene rings is 1. The van der Waals surface area contributed by atoms with E-state index in [1.54, 1.807) is 12.1 Å². The molecule has 0 radical (unpaired) electrons. The van der Waals surface area contributed by atoms with Gasteiger partial charge in [0.25, 0.3) is 5.91 Å². The van der Waals surface area contributed by atoms with Crippen LogP contribution >= 0.6 is 11.6 Å². The molecule has 1 aliphatic carbocycles. The van der Waals surface area contributed by atoms with Crippen LogP contribution < -0.4 is 11.1 Å². The molecule has 1 heterocycles. The van der Waals surface area contributed by atoms with Crippen molar-refractivity contribution in [3.63, 3.8) is 0 Å². The highest BCUT2D eigenvalue weighted by atomic mass is 35.5. The monoisotopic (exact) mass is 387 g/mol. The Bertz CT molecular complexity index is 935. The summed E-state index contributed by atoms with van der Waals surface area (Å²) in [5.41, 5.74) is 7.60. The van der Waals surface area contributed by atoms with E-state index >= 15 is 0 Å². The third-order valence-electron chi connectivity index (χ3n) is 4.82. The van der Waals surface area contributed by atoms with Crippen molar-refractivity contribution < 1.29 is 14.7 Å². The van der Waals surface area contributed by atoms with Gasteiger partial charge in [0, 0.05) is 28.0 Å². The van der Waals surface area contributed by atoms with E-state index in [0.29, 0.717) is 34.7 Å². The Morgan fingerprint density at radius 1 is 1.30 bits per heavy atom. The van der Waals surface area contributed by atoms with Gasteiger partial charge in [-0.05, 0) is 42.0 Å². The molecule has 0 saturated carbocycles. The fraction of sp³-hybridized carbons (Fsp3) is 0.350. The number of aromatic nitrogens is 1. The predicted octanol–water partition coefficient (Wildman–Crippen LogP) is 3.51. The summed E-state index contributed by atoms with van der Waals surface area (Å²) in [5.74, 6) is -1.36. The van der Waals surface area contributed by atoms with Crippen molar-refractivity contribution in [3.8, 4) is 5.75 Å². The van der Waals surface area contributed by atoms with Gasteiger partial charge in [0.2, 0.25) is 5.91 Å². The van der Waals surface area contributed by atoms with Crippen molar-refractivity contribution in [1.82, 2.24) is 4.98 Å². The predicted molar refractivity (Wildman–Crippen MR) is 104 cm³/mol. The van der Waals surface area contributed by atoms with Gasteiger partial charge in [-0.3, -0.25) is 14.6 Å². The molecule has 1 aliphatic rings. The summed E-state index contributed by atoms with van der Waals surface area (Å²) in [4.78, 5) is 28.9. The summed E-state index contributed by atoms with van der Waals surface area (Å²) in [6.07, 6.45) is 2.62. The number of primary amides is 1. The molecule has 0 aliphatic heterocycles. The van der Waals surface area contributed by atoms with E-state index in [4.69, 9.17) is 17.3 Å². The summed E-state index contributed by atoms with van der Waals surface area (Å²) in [5, 5.41) is 13.7. The lowest BCUT2D eigenvalue weighted by molar-refractivity contribution is -0.117. The van der Waals surface area contributed by atoms with Crippen LogP contribution in [0.2, 0.25) is 5.02 Å². The topological polar surface area (TPSA) is 105 Å². The summed E-state index contributed by atoms with van der Waals surface area (Å²) in [7, 11) is 0. The Morgan fingerprint density at radius 2 is 2.00 bits per heavy atom. The van der Waals surface area contributed by atoms with Crippen molar-refractivity contribution in [1.29, 1.82) is 0 Å². The second kappa shape index (κ2) is 6.85. The number of hydrogen-bond acceptors (Lipinski definition) is 4. The van der Waals surface area contributed by atoms with Gasteiger partial charge in [0.05, 0.1) is 5.92 Å². The van der Waals surface area contributed by atoms with Gasteiger partial charge in [-0.25, -0.2) is 0 Å². The molecule has 3 rings (SSSR count). The van der Waals surface area contributed by atoms with E-state index in [0.717, 1.165) is 5.56 Å². The summed E-state index contributed by atoms with van der Waals surface area (Å²) < 4.78 is 0. The number of carbonyl (C=O) groups is 2. The van der Waals surface area contributed by atoms with Gasteiger partial charge < -0.3 is 16.2 Å². The number of halogens is 1. The maximum atomic E-state index is 13.0. The molecule has 2 amide bonds. The van der Waals surface area contributed by atoms with E-state index in [1.807, 2.05) is 20.8 Å². The molecule has 7 heteroatoms. The zero-order valence-electron chi connectivity index (χ0n) is 15.5. The molecule has 142 valence electrons. The summed E-state index contributed by atoms with van der Waals surface area (Å²) >= 11 is 6.21. The molecular weight excluding hydrogens is 366 g/mol.